The number of hydrogen-bond donors (Lipinski definition) is 1. The molecule has 0 unspecified atom stereocenters. The van der Waals surface area contributed by atoms with Crippen molar-refractivity contribution in [3.8, 4) is 11.5 Å². The molecule has 0 bridgehead atoms. The lowest BCUT2D eigenvalue weighted by Gasteiger charge is -2.19. The Morgan fingerprint density at radius 1 is 1.17 bits per heavy atom. The first-order chi connectivity index (χ1) is 8.33. The van der Waals surface area contributed by atoms with Gasteiger partial charge in [-0.25, -0.2) is 8.42 Å². The van der Waals surface area contributed by atoms with Crippen molar-refractivity contribution < 1.29 is 23.0 Å². The van der Waals surface area contributed by atoms with Crippen LogP contribution in [0.2, 0.25) is 0 Å². The van der Waals surface area contributed by atoms with Gasteiger partial charge in [0.25, 0.3) is 0 Å². The number of ether oxygens (including phenoxy) is 2. The molecule has 1 aromatic carbocycles. The lowest BCUT2D eigenvalue weighted by atomic mass is 10.1. The maximum Gasteiger partial charge on any atom is 0.179 e. The fraction of sp³-hybridized carbons (Fsp3) is 0.500. The van der Waals surface area contributed by atoms with E-state index >= 15 is 0 Å². The molecule has 1 aliphatic carbocycles. The number of aliphatic hydroxyl groups is 1. The Morgan fingerprint density at radius 3 is 2.06 bits per heavy atom. The van der Waals surface area contributed by atoms with Gasteiger partial charge in [-0.05, 0) is 25.0 Å². The Kier molecular flexibility index (Phi) is 3.03. The Labute approximate surface area is 106 Å². The molecule has 18 heavy (non-hydrogen) atoms. The third kappa shape index (κ3) is 2.06. The molecule has 2 rings (SSSR count). The van der Waals surface area contributed by atoms with E-state index in [0.717, 1.165) is 6.26 Å². The van der Waals surface area contributed by atoms with Crippen LogP contribution in [0.1, 0.15) is 18.4 Å². The average molecular weight is 272 g/mol. The van der Waals surface area contributed by atoms with Gasteiger partial charge in [-0.2, -0.15) is 0 Å². The van der Waals surface area contributed by atoms with Crippen LogP contribution in [-0.4, -0.2) is 34.0 Å². The molecule has 0 aliphatic heterocycles. The second-order valence-corrected chi connectivity index (χ2v) is 6.43. The van der Waals surface area contributed by atoms with Crippen LogP contribution in [0.5, 0.6) is 11.5 Å². The standard InChI is InChI=1S/C12H16O5S/c1-16-8-4-5-9(17-2)11(18(3,14)15)10(8)12(13)6-7-12/h4-5,13H,6-7H2,1-3H3. The van der Waals surface area contributed by atoms with Gasteiger partial charge in [0.15, 0.2) is 9.84 Å². The summed E-state index contributed by atoms with van der Waals surface area (Å²) in [4.78, 5) is 0.0179. The van der Waals surface area contributed by atoms with Crippen LogP contribution in [0.3, 0.4) is 0 Å². The molecule has 5 nitrogen and oxygen atoms in total. The second-order valence-electron chi connectivity index (χ2n) is 4.48. The van der Waals surface area contributed by atoms with E-state index in [-0.39, 0.29) is 10.6 Å². The summed E-state index contributed by atoms with van der Waals surface area (Å²) in [5.41, 5.74) is -0.801. The summed E-state index contributed by atoms with van der Waals surface area (Å²) in [5, 5.41) is 10.3. The van der Waals surface area contributed by atoms with Gasteiger partial charge in [0.2, 0.25) is 0 Å². The van der Waals surface area contributed by atoms with Crippen LogP contribution in [0.25, 0.3) is 0 Å². The van der Waals surface area contributed by atoms with Crippen LogP contribution in [-0.2, 0) is 15.4 Å². The van der Waals surface area contributed by atoms with Crippen molar-refractivity contribution in [2.75, 3.05) is 20.5 Å². The zero-order chi connectivity index (χ0) is 13.6. The molecule has 0 atom stereocenters. The fourth-order valence-electron chi connectivity index (χ4n) is 2.05. The molecular weight excluding hydrogens is 256 g/mol. The van der Waals surface area contributed by atoms with Gasteiger partial charge >= 0.3 is 0 Å². The smallest absolute Gasteiger partial charge is 0.179 e. The highest BCUT2D eigenvalue weighted by molar-refractivity contribution is 7.90. The van der Waals surface area contributed by atoms with Gasteiger partial charge in [0.1, 0.15) is 16.4 Å². The minimum absolute atomic E-state index is 0.0179. The van der Waals surface area contributed by atoms with Crippen molar-refractivity contribution in [2.45, 2.75) is 23.3 Å². The highest BCUT2D eigenvalue weighted by atomic mass is 32.2. The van der Waals surface area contributed by atoms with Gasteiger partial charge in [-0.15, -0.1) is 0 Å². The minimum Gasteiger partial charge on any atom is -0.496 e. The van der Waals surface area contributed by atoms with Crippen molar-refractivity contribution in [2.24, 2.45) is 0 Å². The zero-order valence-electron chi connectivity index (χ0n) is 10.6. The van der Waals surface area contributed by atoms with Gasteiger partial charge in [-0.3, -0.25) is 0 Å². The van der Waals surface area contributed by atoms with E-state index in [2.05, 4.69) is 0 Å². The lowest BCUT2D eigenvalue weighted by Crippen LogP contribution is -2.15. The molecule has 0 heterocycles. The highest BCUT2D eigenvalue weighted by Crippen LogP contribution is 2.53. The molecular formula is C12H16O5S. The van der Waals surface area contributed by atoms with Gasteiger partial charge < -0.3 is 14.6 Å². The summed E-state index contributed by atoms with van der Waals surface area (Å²) >= 11 is 0. The second kappa shape index (κ2) is 4.13. The minimum atomic E-state index is -3.52. The van der Waals surface area contributed by atoms with Crippen LogP contribution < -0.4 is 9.47 Å². The van der Waals surface area contributed by atoms with Crippen LogP contribution in [0.15, 0.2) is 17.0 Å². The quantitative estimate of drug-likeness (QED) is 0.888. The molecule has 1 aliphatic rings. The lowest BCUT2D eigenvalue weighted by molar-refractivity contribution is 0.143. The predicted molar refractivity (Wildman–Crippen MR) is 65.8 cm³/mol. The van der Waals surface area contributed by atoms with Crippen molar-refractivity contribution in [1.82, 2.24) is 0 Å². The number of rotatable bonds is 4. The van der Waals surface area contributed by atoms with Crippen molar-refractivity contribution in [3.05, 3.63) is 17.7 Å². The molecule has 0 aromatic heterocycles. The maximum atomic E-state index is 11.9. The molecule has 1 fully saturated rings. The zero-order valence-corrected chi connectivity index (χ0v) is 11.4. The SMILES string of the molecule is COc1ccc(OC)c(S(C)(=O)=O)c1C1(O)CC1. The third-order valence-electron chi connectivity index (χ3n) is 3.08. The summed E-state index contributed by atoms with van der Waals surface area (Å²) < 4.78 is 34.1. The monoisotopic (exact) mass is 272 g/mol. The normalized spacial score (nSPS) is 17.3. The number of benzene rings is 1. The largest absolute Gasteiger partial charge is 0.496 e. The number of sulfone groups is 1. The van der Waals surface area contributed by atoms with Crippen LogP contribution in [0, 0.1) is 0 Å². The van der Waals surface area contributed by atoms with E-state index in [4.69, 9.17) is 9.47 Å². The predicted octanol–water partition coefficient (Wildman–Crippen LogP) is 1.09. The van der Waals surface area contributed by atoms with Crippen molar-refractivity contribution in [1.29, 1.82) is 0 Å². The van der Waals surface area contributed by atoms with Gasteiger partial charge in [0, 0.05) is 11.8 Å². The molecule has 0 radical (unpaired) electrons. The first-order valence-corrected chi connectivity index (χ1v) is 7.40. The Hall–Kier alpha value is -1.27. The molecule has 100 valence electrons. The first-order valence-electron chi connectivity index (χ1n) is 5.51. The number of hydrogen-bond acceptors (Lipinski definition) is 5. The molecule has 1 saturated carbocycles. The van der Waals surface area contributed by atoms with Crippen LogP contribution in [0.4, 0.5) is 0 Å². The van der Waals surface area contributed by atoms with Gasteiger partial charge in [0.05, 0.1) is 19.8 Å². The van der Waals surface area contributed by atoms with E-state index in [9.17, 15) is 13.5 Å². The summed E-state index contributed by atoms with van der Waals surface area (Å²) in [7, 11) is -0.669. The summed E-state index contributed by atoms with van der Waals surface area (Å²) in [6, 6.07) is 3.14. The highest BCUT2D eigenvalue weighted by Gasteiger charge is 2.48. The molecule has 1 N–H and O–H groups in total. The molecule has 0 amide bonds. The number of methoxy groups -OCH3 is 2. The summed E-state index contributed by atoms with van der Waals surface area (Å²) in [6.07, 6.45) is 2.15. The molecule has 6 heteroatoms. The Balaban J connectivity index is 2.81. The summed E-state index contributed by atoms with van der Waals surface area (Å²) in [5.74, 6) is 0.602. The summed E-state index contributed by atoms with van der Waals surface area (Å²) in [6.45, 7) is 0. The molecule has 1 aromatic rings. The van der Waals surface area contributed by atoms with Crippen molar-refractivity contribution >= 4 is 9.84 Å². The molecule has 0 saturated heterocycles. The van der Waals surface area contributed by atoms with E-state index in [1.165, 1.54) is 20.3 Å². The topological polar surface area (TPSA) is 72.8 Å². The Morgan fingerprint density at radius 2 is 1.67 bits per heavy atom. The fourth-order valence-corrected chi connectivity index (χ4v) is 3.23. The Bertz CT molecular complexity index is 572. The van der Waals surface area contributed by atoms with E-state index < -0.39 is 15.4 Å². The van der Waals surface area contributed by atoms with Crippen molar-refractivity contribution in [3.63, 3.8) is 0 Å². The first kappa shape index (κ1) is 13.2. The van der Waals surface area contributed by atoms with E-state index in [1.54, 1.807) is 6.07 Å². The molecule has 0 spiro atoms. The van der Waals surface area contributed by atoms with E-state index in [1.807, 2.05) is 0 Å². The average Bonchev–Trinajstić information content (AvgIpc) is 3.05. The van der Waals surface area contributed by atoms with Crippen LogP contribution >= 0.6 is 0 Å². The third-order valence-corrected chi connectivity index (χ3v) is 4.23. The van der Waals surface area contributed by atoms with Gasteiger partial charge in [-0.1, -0.05) is 0 Å². The van der Waals surface area contributed by atoms with E-state index in [0.29, 0.717) is 24.2 Å². The maximum absolute atomic E-state index is 11.9.